The second kappa shape index (κ2) is 16.2. The molecule has 0 saturated carbocycles. The van der Waals surface area contributed by atoms with E-state index in [1.807, 2.05) is 97.1 Å². The zero-order valence-electron chi connectivity index (χ0n) is 20.6. The Morgan fingerprint density at radius 1 is 0.622 bits per heavy atom. The molecule has 0 unspecified atom stereocenters. The Kier molecular flexibility index (Phi) is 12.7. The van der Waals surface area contributed by atoms with Gasteiger partial charge in [0.05, 0.1) is 6.61 Å². The fourth-order valence-corrected chi connectivity index (χ4v) is 4.39. The van der Waals surface area contributed by atoms with Crippen molar-refractivity contribution in [1.82, 2.24) is 0 Å². The molecule has 0 saturated heterocycles. The maximum atomic E-state index is 8.90. The van der Waals surface area contributed by atoms with Crippen molar-refractivity contribution in [1.29, 1.82) is 0 Å². The fourth-order valence-electron chi connectivity index (χ4n) is 3.28. The smallest absolute Gasteiger partial charge is 0.146 e. The van der Waals surface area contributed by atoms with E-state index in [-0.39, 0.29) is 6.61 Å². The number of hydrogen-bond donors (Lipinski definition) is 1. The Morgan fingerprint density at radius 3 is 1.54 bits per heavy atom. The van der Waals surface area contributed by atoms with E-state index in [9.17, 15) is 0 Å². The van der Waals surface area contributed by atoms with Crippen LogP contribution in [-0.2, 0) is 22.3 Å². The predicted octanol–water partition coefficient (Wildman–Crippen LogP) is 8.18. The lowest BCUT2D eigenvalue weighted by Crippen LogP contribution is -2.02. The number of aliphatic hydroxyl groups excluding tert-OH is 1. The highest BCUT2D eigenvalue weighted by atomic mass is 79.9. The van der Waals surface area contributed by atoms with E-state index >= 15 is 0 Å². The number of para-hydroxylation sites is 2. The quantitative estimate of drug-likeness (QED) is 0.134. The maximum absolute atomic E-state index is 8.90. The first-order valence-electron chi connectivity index (χ1n) is 11.8. The van der Waals surface area contributed by atoms with Gasteiger partial charge in [0.2, 0.25) is 0 Å². The van der Waals surface area contributed by atoms with E-state index < -0.39 is 0 Å². The highest BCUT2D eigenvalue weighted by molar-refractivity contribution is 9.10. The number of benzene rings is 4. The molecule has 0 bridgehead atoms. The average Bonchev–Trinajstić information content (AvgIpc) is 2.91. The lowest BCUT2D eigenvalue weighted by Gasteiger charge is -2.09. The Hall–Kier alpha value is -2.68. The topological polar surface area (TPSA) is 57.2 Å². The van der Waals surface area contributed by atoms with Gasteiger partial charge in [-0.1, -0.05) is 80.4 Å². The van der Waals surface area contributed by atoms with Gasteiger partial charge in [-0.3, -0.25) is 0 Å². The summed E-state index contributed by atoms with van der Waals surface area (Å²) in [6, 6.07) is 31.1. The molecular weight excluding hydrogens is 600 g/mol. The molecule has 0 heterocycles. The summed E-state index contributed by atoms with van der Waals surface area (Å²) >= 11 is 7.03. The molecule has 0 fully saturated rings. The second-order valence-electron chi connectivity index (χ2n) is 7.88. The molecule has 4 aromatic rings. The van der Waals surface area contributed by atoms with Crippen molar-refractivity contribution in [3.63, 3.8) is 0 Å². The van der Waals surface area contributed by atoms with Gasteiger partial charge in [-0.05, 0) is 72.5 Å². The van der Waals surface area contributed by atoms with Crippen LogP contribution in [0.15, 0.2) is 106 Å². The minimum atomic E-state index is 0.150. The molecule has 0 aliphatic carbocycles. The van der Waals surface area contributed by atoms with Gasteiger partial charge in [0.1, 0.15) is 29.8 Å². The molecule has 0 amide bonds. The molecule has 0 atom stereocenters. The summed E-state index contributed by atoms with van der Waals surface area (Å²) in [6.45, 7) is 1.11. The Balaban J connectivity index is 0.000000208. The molecule has 7 heteroatoms. The summed E-state index contributed by atoms with van der Waals surface area (Å²) in [7, 11) is 1.62. The summed E-state index contributed by atoms with van der Waals surface area (Å²) < 4.78 is 23.6. The van der Waals surface area contributed by atoms with Crippen molar-refractivity contribution in [2.75, 3.05) is 27.1 Å². The molecule has 37 heavy (non-hydrogen) atoms. The van der Waals surface area contributed by atoms with Crippen LogP contribution in [0.1, 0.15) is 11.1 Å². The normalized spacial score (nSPS) is 10.4. The molecule has 4 rings (SSSR count). The summed E-state index contributed by atoms with van der Waals surface area (Å²) in [5.74, 6) is 3.24. The van der Waals surface area contributed by atoms with Crippen LogP contribution in [0.5, 0.6) is 23.0 Å². The second-order valence-corrected chi connectivity index (χ2v) is 9.58. The Bertz CT molecular complexity index is 1200. The molecule has 0 aromatic heterocycles. The van der Waals surface area contributed by atoms with Gasteiger partial charge in [-0.25, -0.2) is 0 Å². The van der Waals surface area contributed by atoms with E-state index in [1.54, 1.807) is 7.11 Å². The molecule has 0 aliphatic heterocycles. The van der Waals surface area contributed by atoms with E-state index in [4.69, 9.17) is 24.1 Å². The van der Waals surface area contributed by atoms with Crippen LogP contribution in [-0.4, -0.2) is 32.2 Å². The first-order chi connectivity index (χ1) is 18.1. The lowest BCUT2D eigenvalue weighted by molar-refractivity contribution is -0.0291. The van der Waals surface area contributed by atoms with Crippen molar-refractivity contribution >= 4 is 31.9 Å². The van der Waals surface area contributed by atoms with Crippen LogP contribution in [0.25, 0.3) is 0 Å². The molecule has 194 valence electrons. The van der Waals surface area contributed by atoms with Crippen LogP contribution < -0.4 is 9.47 Å². The molecule has 0 aliphatic rings. The predicted molar refractivity (Wildman–Crippen MR) is 154 cm³/mol. The first-order valence-corrected chi connectivity index (χ1v) is 13.4. The van der Waals surface area contributed by atoms with Gasteiger partial charge in [0, 0.05) is 22.7 Å². The van der Waals surface area contributed by atoms with Gasteiger partial charge >= 0.3 is 0 Å². The van der Waals surface area contributed by atoms with Gasteiger partial charge in [-0.15, -0.1) is 0 Å². The van der Waals surface area contributed by atoms with Crippen LogP contribution >= 0.6 is 31.9 Å². The van der Waals surface area contributed by atoms with E-state index in [1.165, 1.54) is 5.56 Å². The summed E-state index contributed by atoms with van der Waals surface area (Å²) in [6.07, 6.45) is 1.47. The third kappa shape index (κ3) is 10.3. The van der Waals surface area contributed by atoms with Gasteiger partial charge in [-0.2, -0.15) is 0 Å². The van der Waals surface area contributed by atoms with Crippen LogP contribution in [0.4, 0.5) is 0 Å². The third-order valence-corrected chi connectivity index (χ3v) is 6.58. The number of aliphatic hydroxyl groups is 1. The van der Waals surface area contributed by atoms with Crippen LogP contribution in [0, 0.1) is 0 Å². The fraction of sp³-hybridized carbons (Fsp3) is 0.200. The van der Waals surface area contributed by atoms with Crippen molar-refractivity contribution in [3.8, 4) is 23.0 Å². The van der Waals surface area contributed by atoms with E-state index in [0.717, 1.165) is 43.9 Å². The summed E-state index contributed by atoms with van der Waals surface area (Å²) in [5, 5.41) is 8.90. The van der Waals surface area contributed by atoms with Crippen molar-refractivity contribution < 1.29 is 24.1 Å². The first kappa shape index (κ1) is 28.9. The molecule has 5 nitrogen and oxygen atoms in total. The van der Waals surface area contributed by atoms with Gasteiger partial charge in [0.15, 0.2) is 0 Å². The number of rotatable bonds is 11. The van der Waals surface area contributed by atoms with Crippen LogP contribution in [0.2, 0.25) is 0 Å². The highest BCUT2D eigenvalue weighted by Crippen LogP contribution is 2.28. The molecular formula is C30H30Br2O5. The molecule has 0 spiro atoms. The minimum Gasteiger partial charge on any atom is -0.457 e. The number of halogens is 2. The average molecular weight is 630 g/mol. The number of hydrogen-bond acceptors (Lipinski definition) is 5. The van der Waals surface area contributed by atoms with E-state index in [2.05, 4.69) is 31.9 Å². The standard InChI is InChI=1S/C16H17BrO3.C14H13BrO2/c1-18-12-19-10-9-13-7-8-15(11-16(13)17)20-14-5-3-2-4-6-14;15-14-10-13(7-6-11(14)8-9-16)17-12-4-2-1-3-5-12/h2-8,11H,9-10,12H2,1H3;1-7,10,16H,8-9H2. The van der Waals surface area contributed by atoms with Crippen molar-refractivity contribution in [2.24, 2.45) is 0 Å². The maximum Gasteiger partial charge on any atom is 0.146 e. The molecule has 4 aromatic carbocycles. The highest BCUT2D eigenvalue weighted by Gasteiger charge is 2.04. The van der Waals surface area contributed by atoms with Crippen molar-refractivity contribution in [3.05, 3.63) is 117 Å². The summed E-state index contributed by atoms with van der Waals surface area (Å²) in [5.41, 5.74) is 2.26. The Labute approximate surface area is 235 Å². The Morgan fingerprint density at radius 2 is 1.11 bits per heavy atom. The summed E-state index contributed by atoms with van der Waals surface area (Å²) in [4.78, 5) is 0. The van der Waals surface area contributed by atoms with E-state index in [0.29, 0.717) is 19.8 Å². The SMILES string of the molecule is COCOCCc1ccc(Oc2ccccc2)cc1Br.OCCc1ccc(Oc2ccccc2)cc1Br. The number of methoxy groups -OCH3 is 1. The zero-order valence-corrected chi connectivity index (χ0v) is 23.8. The molecule has 1 N–H and O–H groups in total. The zero-order chi connectivity index (χ0) is 26.3. The molecule has 0 radical (unpaired) electrons. The van der Waals surface area contributed by atoms with Gasteiger partial charge < -0.3 is 24.1 Å². The third-order valence-electron chi connectivity index (χ3n) is 5.10. The minimum absolute atomic E-state index is 0.150. The lowest BCUT2D eigenvalue weighted by atomic mass is 10.1. The number of ether oxygens (including phenoxy) is 4. The van der Waals surface area contributed by atoms with Crippen LogP contribution in [0.3, 0.4) is 0 Å². The van der Waals surface area contributed by atoms with Crippen molar-refractivity contribution in [2.45, 2.75) is 12.8 Å². The largest absolute Gasteiger partial charge is 0.457 e. The monoisotopic (exact) mass is 628 g/mol. The van der Waals surface area contributed by atoms with Gasteiger partial charge in [0.25, 0.3) is 0 Å².